The minimum atomic E-state index is -1.03. The molecular formula is C23H35N3O7. The Morgan fingerprint density at radius 1 is 1.06 bits per heavy atom. The quantitative estimate of drug-likeness (QED) is 0.427. The van der Waals surface area contributed by atoms with E-state index in [2.05, 4.69) is 10.6 Å². The summed E-state index contributed by atoms with van der Waals surface area (Å²) in [7, 11) is 0. The van der Waals surface area contributed by atoms with E-state index >= 15 is 0 Å². The standard InChI is InChI=1S/C23H35N3O7/c1-6-14-26(18(28)15-25-22(31)33-23(3,4)5)20(16-8-10-17(27)11-9-16)21(30)24-13-12-19(29)32-7-2/h8-11,20,27H,6-7,12-15H2,1-5H3,(H,24,30)(H,25,31). The van der Waals surface area contributed by atoms with Crippen molar-refractivity contribution in [2.45, 2.75) is 59.1 Å². The van der Waals surface area contributed by atoms with Gasteiger partial charge in [0.1, 0.15) is 23.9 Å². The molecule has 1 aromatic rings. The molecule has 0 spiro atoms. The van der Waals surface area contributed by atoms with Crippen molar-refractivity contribution in [2.75, 3.05) is 26.2 Å². The monoisotopic (exact) mass is 465 g/mol. The van der Waals surface area contributed by atoms with Crippen LogP contribution in [0.25, 0.3) is 0 Å². The van der Waals surface area contributed by atoms with Gasteiger partial charge in [0.2, 0.25) is 11.8 Å². The average molecular weight is 466 g/mol. The zero-order chi connectivity index (χ0) is 25.0. The fourth-order valence-electron chi connectivity index (χ4n) is 2.95. The molecule has 0 aliphatic rings. The van der Waals surface area contributed by atoms with Crippen LogP contribution in [0.4, 0.5) is 4.79 Å². The van der Waals surface area contributed by atoms with Crippen LogP contribution in [0.5, 0.6) is 5.75 Å². The van der Waals surface area contributed by atoms with E-state index in [1.807, 2.05) is 6.92 Å². The van der Waals surface area contributed by atoms with Crippen LogP contribution in [0.1, 0.15) is 59.1 Å². The Labute approximate surface area is 194 Å². The second-order valence-corrected chi connectivity index (χ2v) is 8.28. The number of phenolic OH excluding ortho intramolecular Hbond substituents is 1. The normalized spacial score (nSPS) is 11.8. The van der Waals surface area contributed by atoms with E-state index in [0.717, 1.165) is 0 Å². The molecule has 0 fully saturated rings. The number of nitrogens with one attached hydrogen (secondary N) is 2. The lowest BCUT2D eigenvalue weighted by molar-refractivity contribution is -0.143. The summed E-state index contributed by atoms with van der Waals surface area (Å²) >= 11 is 0. The highest BCUT2D eigenvalue weighted by molar-refractivity contribution is 5.90. The van der Waals surface area contributed by atoms with Gasteiger partial charge in [0.15, 0.2) is 0 Å². The van der Waals surface area contributed by atoms with Crippen molar-refractivity contribution < 1.29 is 33.8 Å². The molecule has 10 nitrogen and oxygen atoms in total. The van der Waals surface area contributed by atoms with Crippen LogP contribution in [0, 0.1) is 0 Å². The number of carbonyl (C=O) groups excluding carboxylic acids is 4. The number of rotatable bonds is 11. The van der Waals surface area contributed by atoms with Gasteiger partial charge in [0, 0.05) is 13.1 Å². The molecule has 184 valence electrons. The first-order valence-electron chi connectivity index (χ1n) is 11.0. The van der Waals surface area contributed by atoms with E-state index in [0.29, 0.717) is 12.0 Å². The second kappa shape index (κ2) is 13.3. The van der Waals surface area contributed by atoms with Gasteiger partial charge in [-0.1, -0.05) is 19.1 Å². The molecule has 0 aromatic heterocycles. The van der Waals surface area contributed by atoms with Crippen LogP contribution in [0.2, 0.25) is 0 Å². The highest BCUT2D eigenvalue weighted by atomic mass is 16.6. The molecule has 1 unspecified atom stereocenters. The largest absolute Gasteiger partial charge is 0.508 e. The average Bonchev–Trinajstić information content (AvgIpc) is 2.72. The van der Waals surface area contributed by atoms with Gasteiger partial charge in [-0.25, -0.2) is 4.79 Å². The van der Waals surface area contributed by atoms with Crippen LogP contribution in [-0.2, 0) is 23.9 Å². The van der Waals surface area contributed by atoms with Gasteiger partial charge in [-0.2, -0.15) is 0 Å². The molecule has 1 atom stereocenters. The zero-order valence-electron chi connectivity index (χ0n) is 20.0. The van der Waals surface area contributed by atoms with Gasteiger partial charge in [-0.3, -0.25) is 14.4 Å². The highest BCUT2D eigenvalue weighted by Crippen LogP contribution is 2.24. The topological polar surface area (TPSA) is 134 Å². The number of hydrogen-bond acceptors (Lipinski definition) is 7. The lowest BCUT2D eigenvalue weighted by atomic mass is 10.0. The Hall–Kier alpha value is -3.30. The maximum Gasteiger partial charge on any atom is 0.408 e. The lowest BCUT2D eigenvalue weighted by Crippen LogP contribution is -2.48. The predicted octanol–water partition coefficient (Wildman–Crippen LogP) is 2.27. The van der Waals surface area contributed by atoms with Crippen LogP contribution in [0.3, 0.4) is 0 Å². The summed E-state index contributed by atoms with van der Waals surface area (Å²) in [5, 5.41) is 14.7. The number of esters is 1. The predicted molar refractivity (Wildman–Crippen MR) is 121 cm³/mol. The van der Waals surface area contributed by atoms with Crippen molar-refractivity contribution in [3.05, 3.63) is 29.8 Å². The molecule has 0 radical (unpaired) electrons. The third kappa shape index (κ3) is 10.2. The van der Waals surface area contributed by atoms with Gasteiger partial charge >= 0.3 is 12.1 Å². The first-order chi connectivity index (χ1) is 15.5. The number of benzene rings is 1. The van der Waals surface area contributed by atoms with Gasteiger partial charge in [-0.05, 0) is 51.8 Å². The molecule has 10 heteroatoms. The third-order valence-electron chi connectivity index (χ3n) is 4.27. The van der Waals surface area contributed by atoms with Crippen LogP contribution >= 0.6 is 0 Å². The van der Waals surface area contributed by atoms with Crippen molar-refractivity contribution in [1.82, 2.24) is 15.5 Å². The first-order valence-corrected chi connectivity index (χ1v) is 11.0. The number of hydrogen-bond donors (Lipinski definition) is 3. The molecule has 0 heterocycles. The Balaban J connectivity index is 3.03. The fraction of sp³-hybridized carbons (Fsp3) is 0.565. The number of carbonyl (C=O) groups is 4. The van der Waals surface area contributed by atoms with Crippen LogP contribution < -0.4 is 10.6 Å². The van der Waals surface area contributed by atoms with Gasteiger partial charge in [-0.15, -0.1) is 0 Å². The van der Waals surface area contributed by atoms with Crippen molar-refractivity contribution >= 4 is 23.9 Å². The minimum Gasteiger partial charge on any atom is -0.508 e. The molecule has 33 heavy (non-hydrogen) atoms. The van der Waals surface area contributed by atoms with Gasteiger partial charge in [0.05, 0.1) is 13.0 Å². The summed E-state index contributed by atoms with van der Waals surface area (Å²) in [5.41, 5.74) is -0.246. The van der Waals surface area contributed by atoms with Crippen molar-refractivity contribution in [2.24, 2.45) is 0 Å². The SMILES string of the molecule is CCCN(C(=O)CNC(=O)OC(C)(C)C)C(C(=O)NCCC(=O)OCC)c1ccc(O)cc1. The van der Waals surface area contributed by atoms with E-state index < -0.39 is 35.5 Å². The summed E-state index contributed by atoms with van der Waals surface area (Å²) in [5.74, 6) is -1.41. The number of aromatic hydroxyl groups is 1. The maximum absolute atomic E-state index is 13.1. The molecule has 0 aliphatic carbocycles. The maximum atomic E-state index is 13.1. The van der Waals surface area contributed by atoms with E-state index in [-0.39, 0.29) is 38.4 Å². The molecule has 0 saturated carbocycles. The number of ether oxygens (including phenoxy) is 2. The zero-order valence-corrected chi connectivity index (χ0v) is 20.0. The van der Waals surface area contributed by atoms with E-state index in [1.54, 1.807) is 39.8 Å². The summed E-state index contributed by atoms with van der Waals surface area (Å²) in [6.07, 6.45) is -0.195. The summed E-state index contributed by atoms with van der Waals surface area (Å²) < 4.78 is 10.0. The molecule has 3 amide bonds. The smallest absolute Gasteiger partial charge is 0.408 e. The molecule has 0 bridgehead atoms. The first kappa shape index (κ1) is 27.7. The third-order valence-corrected chi connectivity index (χ3v) is 4.27. The Morgan fingerprint density at radius 2 is 1.70 bits per heavy atom. The van der Waals surface area contributed by atoms with E-state index in [9.17, 15) is 24.3 Å². The minimum absolute atomic E-state index is 0.0101. The Kier molecular flexibility index (Phi) is 11.2. The molecule has 3 N–H and O–H groups in total. The summed E-state index contributed by atoms with van der Waals surface area (Å²) in [6, 6.07) is 4.90. The molecule has 1 rings (SSSR count). The van der Waals surface area contributed by atoms with Crippen LogP contribution in [0.15, 0.2) is 24.3 Å². The molecule has 0 aliphatic heterocycles. The molecule has 1 aromatic carbocycles. The number of nitrogens with zero attached hydrogens (tertiary/aromatic N) is 1. The Bertz CT molecular complexity index is 803. The Morgan fingerprint density at radius 3 is 2.24 bits per heavy atom. The van der Waals surface area contributed by atoms with Crippen LogP contribution in [-0.4, -0.2) is 65.7 Å². The van der Waals surface area contributed by atoms with E-state index in [4.69, 9.17) is 9.47 Å². The van der Waals surface area contributed by atoms with Crippen molar-refractivity contribution in [3.8, 4) is 5.75 Å². The second-order valence-electron chi connectivity index (χ2n) is 8.28. The van der Waals surface area contributed by atoms with Crippen molar-refractivity contribution in [1.29, 1.82) is 0 Å². The van der Waals surface area contributed by atoms with Crippen molar-refractivity contribution in [3.63, 3.8) is 0 Å². The molecular weight excluding hydrogens is 430 g/mol. The van der Waals surface area contributed by atoms with E-state index in [1.165, 1.54) is 17.0 Å². The lowest BCUT2D eigenvalue weighted by Gasteiger charge is -2.31. The van der Waals surface area contributed by atoms with Gasteiger partial charge in [0.25, 0.3) is 0 Å². The van der Waals surface area contributed by atoms with Gasteiger partial charge < -0.3 is 30.1 Å². The number of phenols is 1. The summed E-state index contributed by atoms with van der Waals surface area (Å²) in [4.78, 5) is 51.0. The summed E-state index contributed by atoms with van der Waals surface area (Å²) in [6.45, 7) is 8.83. The number of amides is 3. The molecule has 0 saturated heterocycles. The number of alkyl carbamates (subject to hydrolysis) is 1. The fourth-order valence-corrected chi connectivity index (χ4v) is 2.95. The highest BCUT2D eigenvalue weighted by Gasteiger charge is 2.31.